The van der Waals surface area contributed by atoms with Gasteiger partial charge in [0.05, 0.1) is 11.0 Å². The van der Waals surface area contributed by atoms with E-state index in [1.807, 2.05) is 11.8 Å². The second kappa shape index (κ2) is 2.66. The van der Waals surface area contributed by atoms with Crippen molar-refractivity contribution < 1.29 is 8.42 Å². The van der Waals surface area contributed by atoms with E-state index in [-0.39, 0.29) is 5.25 Å². The Labute approximate surface area is 71.7 Å². The predicted octanol–water partition coefficient (Wildman–Crippen LogP) is 1.07. The van der Waals surface area contributed by atoms with Gasteiger partial charge >= 0.3 is 0 Å². The molecule has 64 valence electrons. The molecule has 0 aromatic carbocycles. The third-order valence-corrected chi connectivity index (χ3v) is 6.51. The molecule has 2 nitrogen and oxygen atoms in total. The molecule has 0 aromatic rings. The molecule has 2 aliphatic rings. The monoisotopic (exact) mass is 192 g/mol. The van der Waals surface area contributed by atoms with Gasteiger partial charge in [0.2, 0.25) is 0 Å². The number of rotatable bonds is 1. The molecule has 2 heterocycles. The number of hydrogen-bond donors (Lipinski definition) is 0. The van der Waals surface area contributed by atoms with Crippen molar-refractivity contribution >= 4 is 21.6 Å². The van der Waals surface area contributed by atoms with E-state index in [0.29, 0.717) is 11.0 Å². The van der Waals surface area contributed by atoms with Crippen LogP contribution in [0.3, 0.4) is 0 Å². The molecular weight excluding hydrogens is 180 g/mol. The molecule has 2 unspecified atom stereocenters. The zero-order chi connectivity index (χ0) is 7.90. The van der Waals surface area contributed by atoms with Gasteiger partial charge in [0, 0.05) is 5.25 Å². The smallest absolute Gasteiger partial charge is 0.154 e. The number of hydrogen-bond acceptors (Lipinski definition) is 3. The SMILES string of the molecule is O=S1(=O)CCC1C1CCCS1. The highest BCUT2D eigenvalue weighted by Gasteiger charge is 2.42. The van der Waals surface area contributed by atoms with Crippen molar-refractivity contribution in [1.29, 1.82) is 0 Å². The van der Waals surface area contributed by atoms with Gasteiger partial charge in [-0.1, -0.05) is 0 Å². The van der Waals surface area contributed by atoms with Gasteiger partial charge in [0.15, 0.2) is 9.84 Å². The third kappa shape index (κ3) is 1.31. The summed E-state index contributed by atoms with van der Waals surface area (Å²) in [5, 5.41) is 0.462. The predicted molar refractivity (Wildman–Crippen MR) is 47.7 cm³/mol. The summed E-state index contributed by atoms with van der Waals surface area (Å²) < 4.78 is 22.4. The Hall–Kier alpha value is 0.300. The first-order valence-corrected chi connectivity index (χ1v) is 6.80. The van der Waals surface area contributed by atoms with E-state index in [0.717, 1.165) is 18.6 Å². The van der Waals surface area contributed by atoms with E-state index >= 15 is 0 Å². The molecular formula is C7H12O2S2. The fourth-order valence-electron chi connectivity index (χ4n) is 1.76. The van der Waals surface area contributed by atoms with Gasteiger partial charge in [0.1, 0.15) is 0 Å². The first kappa shape index (κ1) is 7.92. The molecule has 0 spiro atoms. The standard InChI is InChI=1S/C7H12O2S2/c8-11(9)5-3-7(11)6-2-1-4-10-6/h6-7H,1-5H2. The second-order valence-corrected chi connectivity index (χ2v) is 6.93. The lowest BCUT2D eigenvalue weighted by Crippen LogP contribution is -2.43. The molecule has 2 rings (SSSR count). The quantitative estimate of drug-likeness (QED) is 0.623. The zero-order valence-electron chi connectivity index (χ0n) is 6.32. The van der Waals surface area contributed by atoms with Gasteiger partial charge in [-0.3, -0.25) is 0 Å². The summed E-state index contributed by atoms with van der Waals surface area (Å²) in [6.45, 7) is 0. The molecule has 0 aromatic heterocycles. The Kier molecular flexibility index (Phi) is 1.92. The highest BCUT2D eigenvalue weighted by atomic mass is 32.2. The second-order valence-electron chi connectivity index (χ2n) is 3.25. The lowest BCUT2D eigenvalue weighted by molar-refractivity contribution is 0.536. The Bertz CT molecular complexity index is 239. The molecule has 0 radical (unpaired) electrons. The average Bonchev–Trinajstić information content (AvgIpc) is 2.38. The topological polar surface area (TPSA) is 34.1 Å². The molecule has 0 bridgehead atoms. The van der Waals surface area contributed by atoms with Crippen LogP contribution in [0.25, 0.3) is 0 Å². The maximum absolute atomic E-state index is 11.2. The summed E-state index contributed by atoms with van der Waals surface area (Å²) in [5.74, 6) is 1.60. The number of sulfone groups is 1. The minimum absolute atomic E-state index is 0.0231. The van der Waals surface area contributed by atoms with Gasteiger partial charge in [-0.05, 0) is 25.0 Å². The summed E-state index contributed by atoms with van der Waals surface area (Å²) in [6, 6.07) is 0. The Morgan fingerprint density at radius 2 is 2.09 bits per heavy atom. The molecule has 0 N–H and O–H groups in total. The maximum Gasteiger partial charge on any atom is 0.154 e. The van der Waals surface area contributed by atoms with E-state index < -0.39 is 9.84 Å². The van der Waals surface area contributed by atoms with Gasteiger partial charge in [0.25, 0.3) is 0 Å². The highest BCUT2D eigenvalue weighted by molar-refractivity contribution is 8.02. The normalized spacial score (nSPS) is 41.8. The molecule has 0 amide bonds. The molecule has 4 heteroatoms. The molecule has 2 saturated heterocycles. The fraction of sp³-hybridized carbons (Fsp3) is 1.00. The molecule has 0 aliphatic carbocycles. The van der Waals surface area contributed by atoms with Crippen molar-refractivity contribution in [3.05, 3.63) is 0 Å². The van der Waals surface area contributed by atoms with Gasteiger partial charge in [-0.15, -0.1) is 0 Å². The third-order valence-electron chi connectivity index (χ3n) is 2.53. The molecule has 2 fully saturated rings. The van der Waals surface area contributed by atoms with Gasteiger partial charge < -0.3 is 0 Å². The van der Waals surface area contributed by atoms with E-state index in [1.54, 1.807) is 0 Å². The van der Waals surface area contributed by atoms with Crippen LogP contribution in [0.2, 0.25) is 0 Å². The van der Waals surface area contributed by atoms with Gasteiger partial charge in [-0.25, -0.2) is 8.42 Å². The van der Waals surface area contributed by atoms with Crippen LogP contribution < -0.4 is 0 Å². The summed E-state index contributed by atoms with van der Waals surface area (Å²) in [7, 11) is -2.63. The van der Waals surface area contributed by atoms with Crippen molar-refractivity contribution in [3.8, 4) is 0 Å². The summed E-state index contributed by atoms with van der Waals surface area (Å²) >= 11 is 1.85. The van der Waals surface area contributed by atoms with Crippen molar-refractivity contribution in [2.45, 2.75) is 29.8 Å². The van der Waals surface area contributed by atoms with Crippen molar-refractivity contribution in [2.24, 2.45) is 0 Å². The molecule has 11 heavy (non-hydrogen) atoms. The largest absolute Gasteiger partial charge is 0.229 e. The minimum atomic E-state index is -2.63. The van der Waals surface area contributed by atoms with Crippen molar-refractivity contribution in [3.63, 3.8) is 0 Å². The summed E-state index contributed by atoms with van der Waals surface area (Å²) in [5.41, 5.74) is 0. The van der Waals surface area contributed by atoms with E-state index in [4.69, 9.17) is 0 Å². The first-order chi connectivity index (χ1) is 5.20. The summed E-state index contributed by atoms with van der Waals surface area (Å²) in [6.07, 6.45) is 3.25. The Morgan fingerprint density at radius 3 is 2.45 bits per heavy atom. The van der Waals surface area contributed by atoms with Crippen molar-refractivity contribution in [2.75, 3.05) is 11.5 Å². The fourth-order valence-corrected chi connectivity index (χ4v) is 5.31. The van der Waals surface area contributed by atoms with Crippen LogP contribution >= 0.6 is 11.8 Å². The van der Waals surface area contributed by atoms with Crippen LogP contribution in [-0.2, 0) is 9.84 Å². The van der Waals surface area contributed by atoms with E-state index in [9.17, 15) is 8.42 Å². The molecule has 0 saturated carbocycles. The van der Waals surface area contributed by atoms with Crippen LogP contribution in [0.4, 0.5) is 0 Å². The van der Waals surface area contributed by atoms with Crippen LogP contribution in [0, 0.1) is 0 Å². The Morgan fingerprint density at radius 1 is 1.27 bits per heavy atom. The lowest BCUT2D eigenvalue weighted by atomic mass is 10.1. The van der Waals surface area contributed by atoms with Crippen LogP contribution in [-0.4, -0.2) is 30.4 Å². The highest BCUT2D eigenvalue weighted by Crippen LogP contribution is 2.37. The number of thioether (sulfide) groups is 1. The van der Waals surface area contributed by atoms with Gasteiger partial charge in [-0.2, -0.15) is 11.8 Å². The van der Waals surface area contributed by atoms with Crippen LogP contribution in [0.1, 0.15) is 19.3 Å². The van der Waals surface area contributed by atoms with E-state index in [2.05, 4.69) is 0 Å². The molecule has 2 atom stereocenters. The van der Waals surface area contributed by atoms with E-state index in [1.165, 1.54) is 6.42 Å². The van der Waals surface area contributed by atoms with Crippen LogP contribution in [0.15, 0.2) is 0 Å². The average molecular weight is 192 g/mol. The maximum atomic E-state index is 11.2. The lowest BCUT2D eigenvalue weighted by Gasteiger charge is -2.30. The Balaban J connectivity index is 2.06. The van der Waals surface area contributed by atoms with Crippen molar-refractivity contribution in [1.82, 2.24) is 0 Å². The minimum Gasteiger partial charge on any atom is -0.229 e. The van der Waals surface area contributed by atoms with Crippen LogP contribution in [0.5, 0.6) is 0 Å². The zero-order valence-corrected chi connectivity index (χ0v) is 7.96. The first-order valence-electron chi connectivity index (χ1n) is 4.03. The molecule has 2 aliphatic heterocycles. The summed E-state index contributed by atoms with van der Waals surface area (Å²) in [4.78, 5) is 0.